The number of benzene rings is 1. The van der Waals surface area contributed by atoms with E-state index in [0.29, 0.717) is 17.6 Å². The Morgan fingerprint density at radius 2 is 2.00 bits per heavy atom. The Morgan fingerprint density at radius 3 is 2.62 bits per heavy atom. The average Bonchev–Trinajstić information content (AvgIpc) is 2.61. The number of ether oxygens (including phenoxy) is 1. The van der Waals surface area contributed by atoms with Gasteiger partial charge >= 0.3 is 5.97 Å². The van der Waals surface area contributed by atoms with Crippen LogP contribution in [0.1, 0.15) is 31.2 Å². The molecular formula is C16H21ClFNO2. The molecule has 2 saturated heterocycles. The van der Waals surface area contributed by atoms with Crippen LogP contribution in [-0.2, 0) is 16.0 Å². The molecule has 1 aromatic rings. The van der Waals surface area contributed by atoms with E-state index in [1.807, 2.05) is 0 Å². The summed E-state index contributed by atoms with van der Waals surface area (Å²) in [4.78, 5) is 14.4. The van der Waals surface area contributed by atoms with Gasteiger partial charge in [0.15, 0.2) is 0 Å². The molecule has 0 saturated carbocycles. The molecule has 0 spiro atoms. The van der Waals surface area contributed by atoms with Crippen LogP contribution in [0.3, 0.4) is 0 Å². The molecule has 0 radical (unpaired) electrons. The summed E-state index contributed by atoms with van der Waals surface area (Å²) in [5, 5.41) is 0. The molecule has 0 amide bonds. The molecule has 1 aromatic carbocycles. The summed E-state index contributed by atoms with van der Waals surface area (Å²) in [5.74, 6) is -0.558. The van der Waals surface area contributed by atoms with Crippen molar-refractivity contribution in [2.24, 2.45) is 0 Å². The van der Waals surface area contributed by atoms with Crippen LogP contribution in [-0.4, -0.2) is 36.1 Å². The molecule has 1 unspecified atom stereocenters. The number of esters is 1. The minimum absolute atomic E-state index is 0. The standard InChI is InChI=1S/C16H20FNO2.ClH/c1-18-13-5-6-14(18)10-15(9-13)20-16(19)8-11-3-2-4-12(17)7-11;/h2-4,7,13-15H,5-6,8-10H2,1H3;1H/t13-,14+,15?;. The maximum atomic E-state index is 13.1. The van der Waals surface area contributed by atoms with Gasteiger partial charge in [0.1, 0.15) is 11.9 Å². The largest absolute Gasteiger partial charge is 0.462 e. The Kier molecular flexibility index (Phi) is 5.22. The second kappa shape index (κ2) is 6.75. The molecule has 0 aliphatic carbocycles. The third-order valence-electron chi connectivity index (χ3n) is 4.59. The van der Waals surface area contributed by atoms with Gasteiger partial charge in [0.2, 0.25) is 0 Å². The number of hydrogen-bond acceptors (Lipinski definition) is 3. The van der Waals surface area contributed by atoms with Gasteiger partial charge < -0.3 is 9.64 Å². The summed E-state index contributed by atoms with van der Waals surface area (Å²) in [6, 6.07) is 7.25. The molecule has 2 heterocycles. The molecule has 2 aliphatic heterocycles. The average molecular weight is 314 g/mol. The smallest absolute Gasteiger partial charge is 0.310 e. The van der Waals surface area contributed by atoms with Crippen molar-refractivity contribution in [3.8, 4) is 0 Å². The molecule has 2 fully saturated rings. The van der Waals surface area contributed by atoms with Crippen molar-refractivity contribution >= 4 is 18.4 Å². The van der Waals surface area contributed by atoms with E-state index in [1.54, 1.807) is 12.1 Å². The van der Waals surface area contributed by atoms with Crippen LogP contribution < -0.4 is 0 Å². The molecule has 21 heavy (non-hydrogen) atoms. The summed E-state index contributed by atoms with van der Waals surface area (Å²) < 4.78 is 18.6. The number of rotatable bonds is 3. The van der Waals surface area contributed by atoms with Gasteiger partial charge in [-0.15, -0.1) is 12.4 Å². The van der Waals surface area contributed by atoms with Gasteiger partial charge in [-0.2, -0.15) is 0 Å². The Bertz CT molecular complexity index is 497. The third kappa shape index (κ3) is 3.74. The zero-order valence-corrected chi connectivity index (χ0v) is 12.9. The van der Waals surface area contributed by atoms with Crippen LogP contribution in [0.4, 0.5) is 4.39 Å². The normalized spacial score (nSPS) is 28.0. The zero-order chi connectivity index (χ0) is 14.1. The molecule has 3 rings (SSSR count). The molecular weight excluding hydrogens is 293 g/mol. The van der Waals surface area contributed by atoms with Gasteiger partial charge in [-0.3, -0.25) is 4.79 Å². The minimum Gasteiger partial charge on any atom is -0.462 e. The first kappa shape index (κ1) is 16.2. The quantitative estimate of drug-likeness (QED) is 0.804. The highest BCUT2D eigenvalue weighted by Crippen LogP contribution is 2.35. The van der Waals surface area contributed by atoms with Crippen molar-refractivity contribution in [1.82, 2.24) is 4.90 Å². The van der Waals surface area contributed by atoms with Gasteiger partial charge in [0.25, 0.3) is 0 Å². The van der Waals surface area contributed by atoms with E-state index in [1.165, 1.54) is 25.0 Å². The molecule has 3 atom stereocenters. The summed E-state index contributed by atoms with van der Waals surface area (Å²) in [5.41, 5.74) is 0.672. The maximum absolute atomic E-state index is 13.1. The number of halogens is 2. The fraction of sp³-hybridized carbons (Fsp3) is 0.562. The fourth-order valence-electron chi connectivity index (χ4n) is 3.50. The number of nitrogens with zero attached hydrogens (tertiary/aromatic N) is 1. The molecule has 116 valence electrons. The van der Waals surface area contributed by atoms with E-state index in [9.17, 15) is 9.18 Å². The van der Waals surface area contributed by atoms with Gasteiger partial charge in [0, 0.05) is 12.1 Å². The lowest BCUT2D eigenvalue weighted by molar-refractivity contribution is -0.151. The second-order valence-electron chi connectivity index (χ2n) is 5.94. The maximum Gasteiger partial charge on any atom is 0.310 e. The van der Waals surface area contributed by atoms with E-state index in [2.05, 4.69) is 11.9 Å². The topological polar surface area (TPSA) is 29.5 Å². The van der Waals surface area contributed by atoms with Gasteiger partial charge in [-0.1, -0.05) is 12.1 Å². The highest BCUT2D eigenvalue weighted by atomic mass is 35.5. The van der Waals surface area contributed by atoms with Crippen molar-refractivity contribution in [2.45, 2.75) is 50.3 Å². The number of hydrogen-bond donors (Lipinski definition) is 0. The van der Waals surface area contributed by atoms with Gasteiger partial charge in [0.05, 0.1) is 6.42 Å². The first-order valence-electron chi connectivity index (χ1n) is 7.27. The fourth-order valence-corrected chi connectivity index (χ4v) is 3.50. The van der Waals surface area contributed by atoms with Crippen LogP contribution >= 0.6 is 12.4 Å². The minimum atomic E-state index is -0.312. The van der Waals surface area contributed by atoms with E-state index < -0.39 is 0 Å². The number of piperidine rings is 1. The van der Waals surface area contributed by atoms with Crippen molar-refractivity contribution in [2.75, 3.05) is 7.05 Å². The summed E-state index contributed by atoms with van der Waals surface area (Å²) in [7, 11) is 2.16. The van der Waals surface area contributed by atoms with Crippen molar-refractivity contribution < 1.29 is 13.9 Å². The summed E-state index contributed by atoms with van der Waals surface area (Å²) in [6.45, 7) is 0. The van der Waals surface area contributed by atoms with Crippen LogP contribution in [0.25, 0.3) is 0 Å². The van der Waals surface area contributed by atoms with Crippen LogP contribution in [0.2, 0.25) is 0 Å². The molecule has 0 aromatic heterocycles. The highest BCUT2D eigenvalue weighted by Gasteiger charge is 2.39. The second-order valence-corrected chi connectivity index (χ2v) is 5.94. The predicted octanol–water partition coefficient (Wildman–Crippen LogP) is 2.96. The molecule has 0 N–H and O–H groups in total. The Morgan fingerprint density at radius 1 is 1.33 bits per heavy atom. The monoisotopic (exact) mass is 313 g/mol. The highest BCUT2D eigenvalue weighted by molar-refractivity contribution is 5.85. The van der Waals surface area contributed by atoms with Gasteiger partial charge in [-0.25, -0.2) is 4.39 Å². The molecule has 3 nitrogen and oxygen atoms in total. The van der Waals surface area contributed by atoms with E-state index in [4.69, 9.17) is 4.74 Å². The molecule has 2 bridgehead atoms. The first-order valence-corrected chi connectivity index (χ1v) is 7.27. The molecule has 2 aliphatic rings. The zero-order valence-electron chi connectivity index (χ0n) is 12.1. The lowest BCUT2D eigenvalue weighted by Gasteiger charge is -2.35. The summed E-state index contributed by atoms with van der Waals surface area (Å²) >= 11 is 0. The first-order chi connectivity index (χ1) is 9.61. The Hall–Kier alpha value is -1.13. The van der Waals surface area contributed by atoms with Crippen molar-refractivity contribution in [3.63, 3.8) is 0 Å². The number of carbonyl (C=O) groups is 1. The van der Waals surface area contributed by atoms with Crippen LogP contribution in [0.15, 0.2) is 24.3 Å². The number of carbonyl (C=O) groups excluding carboxylic acids is 1. The molecule has 5 heteroatoms. The van der Waals surface area contributed by atoms with E-state index >= 15 is 0 Å². The Balaban J connectivity index is 0.00000161. The van der Waals surface area contributed by atoms with E-state index in [-0.39, 0.29) is 36.7 Å². The van der Waals surface area contributed by atoms with E-state index in [0.717, 1.165) is 12.8 Å². The van der Waals surface area contributed by atoms with Gasteiger partial charge in [-0.05, 0) is 50.4 Å². The van der Waals surface area contributed by atoms with Crippen molar-refractivity contribution in [1.29, 1.82) is 0 Å². The summed E-state index contributed by atoms with van der Waals surface area (Å²) in [6.07, 6.45) is 4.46. The van der Waals surface area contributed by atoms with Crippen LogP contribution in [0.5, 0.6) is 0 Å². The predicted molar refractivity (Wildman–Crippen MR) is 81.0 cm³/mol. The van der Waals surface area contributed by atoms with Crippen LogP contribution in [0, 0.1) is 5.82 Å². The number of fused-ring (bicyclic) bond motifs is 2. The SMILES string of the molecule is CN1[C@@H]2CC[C@H]1CC(OC(=O)Cc1cccc(F)c1)C2.Cl. The third-order valence-corrected chi connectivity index (χ3v) is 4.59. The lowest BCUT2D eigenvalue weighted by atomic mass is 10.0. The lowest BCUT2D eigenvalue weighted by Crippen LogP contribution is -2.43. The van der Waals surface area contributed by atoms with Crippen molar-refractivity contribution in [3.05, 3.63) is 35.6 Å². The Labute approximate surface area is 130 Å².